The van der Waals surface area contributed by atoms with E-state index in [4.69, 9.17) is 8.43 Å². The minimum atomic E-state index is -2.63. The van der Waals surface area contributed by atoms with Crippen LogP contribution >= 0.6 is 8.25 Å². The first kappa shape index (κ1) is 30.5. The molecule has 0 aromatic rings. The van der Waals surface area contributed by atoms with E-state index < -0.39 is 24.9 Å². The zero-order valence-electron chi connectivity index (χ0n) is 23.7. The van der Waals surface area contributed by atoms with Gasteiger partial charge in [0.2, 0.25) is 0 Å². The molecule has 0 heterocycles. The standard InChI is InChI=1S/C24H54O3PSi2/c1-19(2,3)29(20(4,5)6,21(7,8)9)26-28(25)27-30(22(10,11)12,23(13,14)15)24(16,17)18/h1-18H3/q+1. The van der Waals surface area contributed by atoms with Crippen LogP contribution in [0.1, 0.15) is 125 Å². The van der Waals surface area contributed by atoms with E-state index in [2.05, 4.69) is 125 Å². The summed E-state index contributed by atoms with van der Waals surface area (Å²) in [6, 6.07) is 0. The highest BCUT2D eigenvalue weighted by Gasteiger charge is 2.71. The molecule has 0 unspecified atom stereocenters. The van der Waals surface area contributed by atoms with Gasteiger partial charge < -0.3 is 0 Å². The molecule has 0 atom stereocenters. The molecule has 0 saturated carbocycles. The van der Waals surface area contributed by atoms with E-state index in [-0.39, 0.29) is 30.2 Å². The van der Waals surface area contributed by atoms with Crippen molar-refractivity contribution in [1.82, 2.24) is 0 Å². The Kier molecular flexibility index (Phi) is 8.47. The van der Waals surface area contributed by atoms with Crippen LogP contribution in [0.5, 0.6) is 0 Å². The van der Waals surface area contributed by atoms with Crippen LogP contribution in [0.25, 0.3) is 0 Å². The molecule has 0 aliphatic rings. The van der Waals surface area contributed by atoms with Gasteiger partial charge in [0.25, 0.3) is 16.6 Å². The van der Waals surface area contributed by atoms with Gasteiger partial charge in [-0.1, -0.05) is 125 Å². The molecular formula is C24H54O3PSi2+. The predicted octanol–water partition coefficient (Wildman–Crippen LogP) is 10.4. The second-order valence-corrected chi connectivity index (χ2v) is 28.9. The fourth-order valence-corrected chi connectivity index (χ4v) is 30.2. The van der Waals surface area contributed by atoms with Crippen molar-refractivity contribution >= 4 is 24.9 Å². The summed E-state index contributed by atoms with van der Waals surface area (Å²) in [5.41, 5.74) is 0. The van der Waals surface area contributed by atoms with Crippen LogP contribution in [0.15, 0.2) is 0 Å². The average Bonchev–Trinajstić information content (AvgIpc) is 2.33. The molecule has 0 saturated heterocycles. The minimum Gasteiger partial charge on any atom is -0.174 e. The largest absolute Gasteiger partial charge is 0.673 e. The highest BCUT2D eigenvalue weighted by atomic mass is 31.1. The summed E-state index contributed by atoms with van der Waals surface area (Å²) in [5, 5.41) is -0.623. The molecule has 3 nitrogen and oxygen atoms in total. The van der Waals surface area contributed by atoms with Gasteiger partial charge in [0.05, 0.1) is 0 Å². The molecule has 0 aromatic carbocycles. The van der Waals surface area contributed by atoms with E-state index >= 15 is 0 Å². The van der Waals surface area contributed by atoms with Crippen LogP contribution in [0.4, 0.5) is 0 Å². The van der Waals surface area contributed by atoms with Gasteiger partial charge >= 0.3 is 8.25 Å². The smallest absolute Gasteiger partial charge is 0.174 e. The summed E-state index contributed by atoms with van der Waals surface area (Å²) in [5.74, 6) is 0. The molecule has 0 rings (SSSR count). The molecule has 0 amide bonds. The Labute approximate surface area is 192 Å². The highest BCUT2D eigenvalue weighted by molar-refractivity contribution is 7.38. The summed E-state index contributed by atoms with van der Waals surface area (Å²) in [4.78, 5) is 0. The molecule has 0 spiro atoms. The van der Waals surface area contributed by atoms with E-state index in [0.717, 1.165) is 0 Å². The van der Waals surface area contributed by atoms with Gasteiger partial charge in [-0.15, -0.1) is 0 Å². The van der Waals surface area contributed by atoms with Crippen molar-refractivity contribution in [2.24, 2.45) is 0 Å². The molecule has 0 N–H and O–H groups in total. The van der Waals surface area contributed by atoms with Crippen molar-refractivity contribution in [2.45, 2.75) is 155 Å². The van der Waals surface area contributed by atoms with Gasteiger partial charge in [-0.05, 0) is 30.2 Å². The predicted molar refractivity (Wildman–Crippen MR) is 140 cm³/mol. The Morgan fingerprint density at radius 1 is 0.400 bits per heavy atom. The number of hydrogen-bond donors (Lipinski definition) is 0. The summed E-state index contributed by atoms with van der Waals surface area (Å²) >= 11 is 0. The average molecular weight is 478 g/mol. The lowest BCUT2D eigenvalue weighted by molar-refractivity contribution is 0.308. The first-order valence-electron chi connectivity index (χ1n) is 11.5. The van der Waals surface area contributed by atoms with Gasteiger partial charge in [0, 0.05) is 4.57 Å². The Morgan fingerprint density at radius 3 is 0.633 bits per heavy atom. The van der Waals surface area contributed by atoms with Gasteiger partial charge in [-0.25, -0.2) is 0 Å². The number of hydrogen-bond acceptors (Lipinski definition) is 3. The summed E-state index contributed by atoms with van der Waals surface area (Å²) in [7, 11) is -7.52. The Balaban J connectivity index is 6.78. The molecule has 180 valence electrons. The lowest BCUT2D eigenvalue weighted by Crippen LogP contribution is -2.61. The quantitative estimate of drug-likeness (QED) is 0.298. The maximum Gasteiger partial charge on any atom is 0.673 e. The summed E-state index contributed by atoms with van der Waals surface area (Å²) < 4.78 is 27.6. The van der Waals surface area contributed by atoms with Crippen LogP contribution < -0.4 is 0 Å². The minimum absolute atomic E-state index is 0.104. The third-order valence-electron chi connectivity index (χ3n) is 6.76. The molecule has 0 radical (unpaired) electrons. The molecule has 0 bridgehead atoms. The summed E-state index contributed by atoms with van der Waals surface area (Å²) in [6.07, 6.45) is 0. The molecule has 0 fully saturated rings. The molecule has 6 heteroatoms. The lowest BCUT2D eigenvalue weighted by Gasteiger charge is -2.55. The fraction of sp³-hybridized carbons (Fsp3) is 1.00. The van der Waals surface area contributed by atoms with Crippen molar-refractivity contribution in [1.29, 1.82) is 0 Å². The maximum absolute atomic E-state index is 13.9. The van der Waals surface area contributed by atoms with E-state index in [9.17, 15) is 4.57 Å². The second-order valence-electron chi connectivity index (χ2n) is 15.3. The van der Waals surface area contributed by atoms with Crippen LogP contribution in [-0.2, 0) is 13.0 Å². The zero-order chi connectivity index (χ0) is 25.0. The van der Waals surface area contributed by atoms with Gasteiger partial charge in [0.15, 0.2) is 0 Å². The third kappa shape index (κ3) is 5.16. The molecule has 30 heavy (non-hydrogen) atoms. The fourth-order valence-electron chi connectivity index (χ4n) is 7.81. The van der Waals surface area contributed by atoms with Crippen molar-refractivity contribution in [2.75, 3.05) is 0 Å². The summed E-state index contributed by atoms with van der Waals surface area (Å²) in [6.45, 7) is 40.5. The van der Waals surface area contributed by atoms with E-state index in [1.54, 1.807) is 0 Å². The van der Waals surface area contributed by atoms with E-state index in [1.165, 1.54) is 0 Å². The zero-order valence-corrected chi connectivity index (χ0v) is 26.6. The van der Waals surface area contributed by atoms with Crippen LogP contribution in [0.3, 0.4) is 0 Å². The van der Waals surface area contributed by atoms with Gasteiger partial charge in [0.1, 0.15) is 0 Å². The normalized spacial score (nSPS) is 16.1. The first-order valence-corrected chi connectivity index (χ1v) is 16.4. The van der Waals surface area contributed by atoms with Crippen LogP contribution in [-0.4, -0.2) is 16.6 Å². The maximum atomic E-state index is 13.9. The highest BCUT2D eigenvalue weighted by Crippen LogP contribution is 2.69. The van der Waals surface area contributed by atoms with Crippen molar-refractivity contribution in [3.63, 3.8) is 0 Å². The van der Waals surface area contributed by atoms with E-state index in [0.29, 0.717) is 0 Å². The third-order valence-corrected chi connectivity index (χ3v) is 22.8. The SMILES string of the molecule is CC(C)(C)[Si](O[P+](=O)O[Si](C(C)(C)C)(C(C)(C)C)C(C)(C)C)(C(C)(C)C)C(C)(C)C. The lowest BCUT2D eigenvalue weighted by atomic mass is 10.2. The second kappa shape index (κ2) is 8.35. The molecular weight excluding hydrogens is 423 g/mol. The number of rotatable bonds is 4. The topological polar surface area (TPSA) is 35.5 Å². The Morgan fingerprint density at radius 2 is 0.533 bits per heavy atom. The van der Waals surface area contributed by atoms with Crippen LogP contribution in [0, 0.1) is 0 Å². The van der Waals surface area contributed by atoms with Crippen molar-refractivity contribution < 1.29 is 13.0 Å². The van der Waals surface area contributed by atoms with Crippen molar-refractivity contribution in [3.05, 3.63) is 0 Å². The van der Waals surface area contributed by atoms with Crippen molar-refractivity contribution in [3.8, 4) is 0 Å². The van der Waals surface area contributed by atoms with Gasteiger partial charge in [-0.2, -0.15) is 8.43 Å². The molecule has 0 aromatic heterocycles. The van der Waals surface area contributed by atoms with Crippen LogP contribution in [0.2, 0.25) is 30.2 Å². The monoisotopic (exact) mass is 477 g/mol. The Bertz CT molecular complexity index is 490. The van der Waals surface area contributed by atoms with Gasteiger partial charge in [-0.3, -0.25) is 0 Å². The Hall–Kier alpha value is 0.454. The van der Waals surface area contributed by atoms with E-state index in [1.807, 2.05) is 0 Å². The molecule has 0 aliphatic heterocycles. The molecule has 0 aliphatic carbocycles. The first-order chi connectivity index (χ1) is 12.6.